The van der Waals surface area contributed by atoms with E-state index in [0.29, 0.717) is 0 Å². The molecule has 0 heterocycles. The van der Waals surface area contributed by atoms with E-state index in [1.54, 1.807) is 13.8 Å². The SMILES string of the molecule is CC(C)C(=O)O.N. The third kappa shape index (κ3) is 5.43. The Morgan fingerprint density at radius 3 is 1.71 bits per heavy atom. The van der Waals surface area contributed by atoms with Crippen LogP contribution < -0.4 is 6.15 Å². The minimum absolute atomic E-state index is 0. The van der Waals surface area contributed by atoms with Gasteiger partial charge in [-0.05, 0) is 0 Å². The minimum atomic E-state index is -0.741. The molecule has 0 aromatic rings. The van der Waals surface area contributed by atoms with Crippen molar-refractivity contribution in [3.05, 3.63) is 0 Å². The highest BCUT2D eigenvalue weighted by molar-refractivity contribution is 5.68. The molecule has 0 spiro atoms. The molecule has 0 bridgehead atoms. The summed E-state index contributed by atoms with van der Waals surface area (Å²) in [5.41, 5.74) is 0. The Balaban J connectivity index is 0. The van der Waals surface area contributed by atoms with E-state index >= 15 is 0 Å². The molecule has 0 saturated heterocycles. The predicted molar refractivity (Wildman–Crippen MR) is 27.5 cm³/mol. The van der Waals surface area contributed by atoms with Crippen molar-refractivity contribution in [2.45, 2.75) is 13.8 Å². The van der Waals surface area contributed by atoms with Crippen LogP contribution >= 0.6 is 0 Å². The van der Waals surface area contributed by atoms with Gasteiger partial charge in [-0.2, -0.15) is 0 Å². The molecule has 0 fully saturated rings. The van der Waals surface area contributed by atoms with Crippen molar-refractivity contribution < 1.29 is 9.90 Å². The number of aliphatic carboxylic acids is 1. The van der Waals surface area contributed by atoms with Crippen LogP contribution in [0.1, 0.15) is 13.8 Å². The second kappa shape index (κ2) is 3.61. The largest absolute Gasteiger partial charge is 0.481 e. The maximum absolute atomic E-state index is 9.70. The van der Waals surface area contributed by atoms with Gasteiger partial charge in [0, 0.05) is 0 Å². The van der Waals surface area contributed by atoms with Crippen LogP contribution in [0, 0.1) is 5.92 Å². The zero-order chi connectivity index (χ0) is 5.15. The van der Waals surface area contributed by atoms with Gasteiger partial charge in [-0.1, -0.05) is 13.8 Å². The van der Waals surface area contributed by atoms with Crippen molar-refractivity contribution in [3.8, 4) is 0 Å². The molecule has 0 aliphatic carbocycles. The lowest BCUT2D eigenvalue weighted by molar-refractivity contribution is -0.140. The Kier molecular flexibility index (Phi) is 4.99. The molecule has 0 rings (SSSR count). The van der Waals surface area contributed by atoms with Crippen LogP contribution in [-0.4, -0.2) is 11.1 Å². The van der Waals surface area contributed by atoms with Gasteiger partial charge in [0.1, 0.15) is 0 Å². The monoisotopic (exact) mass is 105 g/mol. The molecule has 0 aliphatic rings. The number of hydrogen-bond donors (Lipinski definition) is 2. The summed E-state index contributed by atoms with van der Waals surface area (Å²) in [6.07, 6.45) is 0. The molecule has 44 valence electrons. The van der Waals surface area contributed by atoms with Gasteiger partial charge >= 0.3 is 5.97 Å². The molecule has 0 aliphatic heterocycles. The topological polar surface area (TPSA) is 72.3 Å². The molecule has 4 N–H and O–H groups in total. The summed E-state index contributed by atoms with van der Waals surface area (Å²) < 4.78 is 0. The van der Waals surface area contributed by atoms with E-state index in [1.165, 1.54) is 0 Å². The van der Waals surface area contributed by atoms with Crippen LogP contribution in [0.25, 0.3) is 0 Å². The average Bonchev–Trinajstić information content (AvgIpc) is 1.36. The van der Waals surface area contributed by atoms with E-state index in [2.05, 4.69) is 0 Å². The maximum Gasteiger partial charge on any atom is 0.305 e. The number of rotatable bonds is 1. The number of carboxylic acids is 1. The van der Waals surface area contributed by atoms with Crippen LogP contribution in [0.15, 0.2) is 0 Å². The van der Waals surface area contributed by atoms with E-state index in [-0.39, 0.29) is 12.1 Å². The van der Waals surface area contributed by atoms with Crippen LogP contribution in [-0.2, 0) is 4.79 Å². The van der Waals surface area contributed by atoms with Crippen molar-refractivity contribution in [2.75, 3.05) is 0 Å². The van der Waals surface area contributed by atoms with Gasteiger partial charge < -0.3 is 11.3 Å². The fraction of sp³-hybridized carbons (Fsp3) is 0.750. The van der Waals surface area contributed by atoms with Crippen molar-refractivity contribution >= 4 is 5.97 Å². The lowest BCUT2D eigenvalue weighted by atomic mass is 10.2. The zero-order valence-corrected chi connectivity index (χ0v) is 4.64. The highest BCUT2D eigenvalue weighted by Crippen LogP contribution is 1.87. The highest BCUT2D eigenvalue weighted by Gasteiger charge is 1.99. The van der Waals surface area contributed by atoms with Crippen LogP contribution in [0.2, 0.25) is 0 Å². The van der Waals surface area contributed by atoms with Crippen molar-refractivity contribution in [1.29, 1.82) is 0 Å². The Morgan fingerprint density at radius 1 is 1.57 bits per heavy atom. The number of hydrogen-bond acceptors (Lipinski definition) is 2. The van der Waals surface area contributed by atoms with Gasteiger partial charge in [0.25, 0.3) is 0 Å². The highest BCUT2D eigenvalue weighted by atomic mass is 16.4. The Labute approximate surface area is 42.9 Å². The molecule has 7 heavy (non-hydrogen) atoms. The molecule has 0 saturated carbocycles. The normalized spacial score (nSPS) is 7.86. The Bertz CT molecular complexity index is 60.7. The third-order valence-electron chi connectivity index (χ3n) is 0.494. The van der Waals surface area contributed by atoms with Gasteiger partial charge in [-0.15, -0.1) is 0 Å². The Morgan fingerprint density at radius 2 is 1.71 bits per heavy atom. The van der Waals surface area contributed by atoms with Gasteiger partial charge in [-0.3, -0.25) is 4.79 Å². The molecule has 3 nitrogen and oxygen atoms in total. The van der Waals surface area contributed by atoms with Crippen molar-refractivity contribution in [3.63, 3.8) is 0 Å². The quantitative estimate of drug-likeness (QED) is 0.520. The summed E-state index contributed by atoms with van der Waals surface area (Å²) in [6, 6.07) is 0. The minimum Gasteiger partial charge on any atom is -0.481 e. The van der Waals surface area contributed by atoms with Crippen LogP contribution in [0.3, 0.4) is 0 Å². The molecule has 3 heteroatoms. The van der Waals surface area contributed by atoms with Gasteiger partial charge in [0.2, 0.25) is 0 Å². The summed E-state index contributed by atoms with van der Waals surface area (Å²) in [5.74, 6) is -0.972. The molecule has 0 aromatic carbocycles. The van der Waals surface area contributed by atoms with Crippen molar-refractivity contribution in [2.24, 2.45) is 5.92 Å². The van der Waals surface area contributed by atoms with E-state index in [4.69, 9.17) is 5.11 Å². The summed E-state index contributed by atoms with van der Waals surface area (Å²) in [4.78, 5) is 9.70. The van der Waals surface area contributed by atoms with Crippen LogP contribution in [0.5, 0.6) is 0 Å². The first-order valence-electron chi connectivity index (χ1n) is 1.87. The predicted octanol–water partition coefficient (Wildman–Crippen LogP) is 0.889. The third-order valence-corrected chi connectivity index (χ3v) is 0.494. The summed E-state index contributed by atoms with van der Waals surface area (Å²) in [7, 11) is 0. The van der Waals surface area contributed by atoms with Gasteiger partial charge in [0.05, 0.1) is 5.92 Å². The lowest BCUT2D eigenvalue weighted by Gasteiger charge is -1.89. The molecular formula is C4H11NO2. The number of carbonyl (C=O) groups is 1. The maximum atomic E-state index is 9.70. The lowest BCUT2D eigenvalue weighted by Crippen LogP contribution is -2.03. The summed E-state index contributed by atoms with van der Waals surface area (Å²) >= 11 is 0. The Hall–Kier alpha value is -0.570. The smallest absolute Gasteiger partial charge is 0.305 e. The molecule has 0 radical (unpaired) electrons. The number of carboxylic acid groups (broad SMARTS) is 1. The fourth-order valence-electron chi connectivity index (χ4n) is 0. The second-order valence-corrected chi connectivity index (χ2v) is 1.49. The first kappa shape index (κ1) is 9.66. The average molecular weight is 105 g/mol. The van der Waals surface area contributed by atoms with E-state index in [0.717, 1.165) is 0 Å². The fourth-order valence-corrected chi connectivity index (χ4v) is 0. The summed E-state index contributed by atoms with van der Waals surface area (Å²) in [6.45, 7) is 3.28. The van der Waals surface area contributed by atoms with Crippen LogP contribution in [0.4, 0.5) is 0 Å². The molecule has 0 atom stereocenters. The van der Waals surface area contributed by atoms with Crippen molar-refractivity contribution in [1.82, 2.24) is 6.15 Å². The first-order chi connectivity index (χ1) is 2.64. The standard InChI is InChI=1S/C4H8O2.H3N/c1-3(2)4(5)6;/h3H,1-2H3,(H,5,6);1H3. The zero-order valence-electron chi connectivity index (χ0n) is 4.64. The van der Waals surface area contributed by atoms with E-state index < -0.39 is 5.97 Å². The van der Waals surface area contributed by atoms with Gasteiger partial charge in [-0.25, -0.2) is 0 Å². The van der Waals surface area contributed by atoms with Gasteiger partial charge in [0.15, 0.2) is 0 Å². The molecular weight excluding hydrogens is 94.0 g/mol. The molecule has 0 unspecified atom stereocenters. The van der Waals surface area contributed by atoms with E-state index in [1.807, 2.05) is 0 Å². The van der Waals surface area contributed by atoms with E-state index in [9.17, 15) is 4.79 Å². The first-order valence-corrected chi connectivity index (χ1v) is 1.87. The molecule has 0 aromatic heterocycles. The molecule has 0 amide bonds. The summed E-state index contributed by atoms with van der Waals surface area (Å²) in [5, 5.41) is 7.99. The second-order valence-electron chi connectivity index (χ2n) is 1.49.